The number of carboxylic acid groups (broad SMARTS) is 1. The fourth-order valence-corrected chi connectivity index (χ4v) is 7.29. The smallest absolute Gasteiger partial charge is 0.416 e. The van der Waals surface area contributed by atoms with E-state index < -0.39 is 58.1 Å². The van der Waals surface area contributed by atoms with Crippen LogP contribution in [0.4, 0.5) is 47.1 Å². The van der Waals surface area contributed by atoms with Crippen LogP contribution in [0.2, 0.25) is 0 Å². The molecular formula is C32H34F7N3O3S. The second-order valence-corrected chi connectivity index (χ2v) is 13.2. The molecule has 0 saturated heterocycles. The number of nitrogens with two attached hydrogens (primary N) is 1. The molecule has 1 aliphatic carbocycles. The van der Waals surface area contributed by atoms with Crippen LogP contribution in [-0.4, -0.2) is 37.1 Å². The maximum atomic E-state index is 14.1. The second-order valence-electron chi connectivity index (χ2n) is 12.2. The highest BCUT2D eigenvalue weighted by atomic mass is 32.1. The van der Waals surface area contributed by atoms with Crippen LogP contribution in [0.1, 0.15) is 61.8 Å². The number of benzene rings is 2. The molecule has 1 amide bonds. The Morgan fingerprint density at radius 3 is 1.89 bits per heavy atom. The Labute approximate surface area is 265 Å². The van der Waals surface area contributed by atoms with Crippen LogP contribution in [0.25, 0.3) is 10.4 Å². The van der Waals surface area contributed by atoms with E-state index in [1.165, 1.54) is 50.4 Å². The lowest BCUT2D eigenvalue weighted by Gasteiger charge is -2.34. The zero-order valence-corrected chi connectivity index (χ0v) is 26.6. The molecule has 1 aromatic heterocycles. The fraction of sp³-hybridized carbons (Fsp3) is 0.438. The monoisotopic (exact) mass is 673 g/mol. The van der Waals surface area contributed by atoms with E-state index >= 15 is 0 Å². The number of nitrogens with zero attached hydrogens (tertiary/aromatic N) is 2. The SMILES string of the molecule is Cc1cc(F)ccc1-c1sc(N(C)C2CCC(C(=O)O)CC2)c(N)c1N(C)C(=O)C(C)(C)c1cc(C(F)(F)F)cc(C(F)(F)F)c1. The zero-order chi connectivity index (χ0) is 34.5. The van der Waals surface area contributed by atoms with Crippen molar-refractivity contribution in [3.05, 3.63) is 64.5 Å². The molecular weight excluding hydrogens is 639 g/mol. The highest BCUT2D eigenvalue weighted by molar-refractivity contribution is 7.21. The van der Waals surface area contributed by atoms with Gasteiger partial charge in [-0.3, -0.25) is 9.59 Å². The van der Waals surface area contributed by atoms with Gasteiger partial charge in [0.05, 0.1) is 38.7 Å². The highest BCUT2D eigenvalue weighted by Gasteiger charge is 2.42. The zero-order valence-electron chi connectivity index (χ0n) is 25.7. The summed E-state index contributed by atoms with van der Waals surface area (Å²) in [5, 5.41) is 9.93. The van der Waals surface area contributed by atoms with Crippen LogP contribution >= 0.6 is 11.3 Å². The topological polar surface area (TPSA) is 86.9 Å². The molecule has 1 fully saturated rings. The molecule has 14 heteroatoms. The minimum atomic E-state index is -5.10. The van der Waals surface area contributed by atoms with Crippen LogP contribution < -0.4 is 15.5 Å². The van der Waals surface area contributed by atoms with E-state index in [9.17, 15) is 45.4 Å². The molecule has 0 spiro atoms. The van der Waals surface area contributed by atoms with Crippen molar-refractivity contribution in [2.75, 3.05) is 29.6 Å². The van der Waals surface area contributed by atoms with Crippen LogP contribution in [0.15, 0.2) is 36.4 Å². The van der Waals surface area contributed by atoms with Crippen molar-refractivity contribution < 1.29 is 45.4 Å². The summed E-state index contributed by atoms with van der Waals surface area (Å²) in [6.45, 7) is 4.13. The molecule has 4 rings (SSSR count). The number of amides is 1. The van der Waals surface area contributed by atoms with Gasteiger partial charge < -0.3 is 20.6 Å². The summed E-state index contributed by atoms with van der Waals surface area (Å²) >= 11 is 1.20. The molecule has 250 valence electrons. The molecule has 0 bridgehead atoms. The van der Waals surface area contributed by atoms with Gasteiger partial charge in [0.25, 0.3) is 0 Å². The molecule has 1 saturated carbocycles. The third-order valence-electron chi connectivity index (χ3n) is 8.73. The standard InChI is InChI=1S/C32H34F7N3O3S/c1-16-12-21(33)8-11-23(16)26-25(24(40)27(46-26)41(4)22-9-6-17(7-10-22)28(43)44)42(5)29(45)30(2,3)18-13-19(31(34,35)36)15-20(14-18)32(37,38)39/h8,11-15,17,22H,6-7,9-10,40H2,1-5H3,(H,43,44). The van der Waals surface area contributed by atoms with Gasteiger partial charge in [0.2, 0.25) is 5.91 Å². The second kappa shape index (κ2) is 12.4. The first-order valence-electron chi connectivity index (χ1n) is 14.4. The number of alkyl halides is 6. The molecule has 0 radical (unpaired) electrons. The van der Waals surface area contributed by atoms with Crippen LogP contribution in [0.5, 0.6) is 0 Å². The number of carbonyl (C=O) groups excluding carboxylic acids is 1. The Kier molecular flexibility index (Phi) is 9.46. The van der Waals surface area contributed by atoms with E-state index in [0.717, 1.165) is 4.90 Å². The van der Waals surface area contributed by atoms with Gasteiger partial charge in [0.15, 0.2) is 0 Å². The number of anilines is 3. The number of carbonyl (C=O) groups is 2. The number of thiophene rings is 1. The number of aryl methyl sites for hydroxylation is 1. The minimum absolute atomic E-state index is 0.00604. The predicted molar refractivity (Wildman–Crippen MR) is 164 cm³/mol. The van der Waals surface area contributed by atoms with Crippen LogP contribution in [-0.2, 0) is 27.4 Å². The quantitative estimate of drug-likeness (QED) is 0.246. The number of aliphatic carboxylic acids is 1. The summed E-state index contributed by atoms with van der Waals surface area (Å²) in [4.78, 5) is 29.1. The maximum absolute atomic E-state index is 14.1. The number of rotatable bonds is 7. The number of hydrogen-bond donors (Lipinski definition) is 2. The molecule has 1 aliphatic rings. The Bertz CT molecular complexity index is 1610. The minimum Gasteiger partial charge on any atom is -0.481 e. The summed E-state index contributed by atoms with van der Waals surface area (Å²) in [5.74, 6) is -2.66. The van der Waals surface area contributed by atoms with Crippen molar-refractivity contribution in [1.29, 1.82) is 0 Å². The van der Waals surface area contributed by atoms with E-state index in [2.05, 4.69) is 0 Å². The van der Waals surface area contributed by atoms with Gasteiger partial charge in [-0.15, -0.1) is 11.3 Å². The third-order valence-corrected chi connectivity index (χ3v) is 10.0. The Morgan fingerprint density at radius 1 is 0.891 bits per heavy atom. The van der Waals surface area contributed by atoms with Crippen molar-refractivity contribution >= 4 is 39.6 Å². The molecule has 0 aliphatic heterocycles. The van der Waals surface area contributed by atoms with E-state index in [4.69, 9.17) is 5.73 Å². The molecule has 3 aromatic rings. The number of halogens is 7. The lowest BCUT2D eigenvalue weighted by atomic mass is 9.81. The van der Waals surface area contributed by atoms with Crippen LogP contribution in [0.3, 0.4) is 0 Å². The summed E-state index contributed by atoms with van der Waals surface area (Å²) in [6, 6.07) is 5.02. The molecule has 2 aromatic carbocycles. The van der Waals surface area contributed by atoms with E-state index in [1.807, 2.05) is 4.90 Å². The highest BCUT2D eigenvalue weighted by Crippen LogP contribution is 2.52. The molecule has 46 heavy (non-hydrogen) atoms. The molecule has 6 nitrogen and oxygen atoms in total. The predicted octanol–water partition coefficient (Wildman–Crippen LogP) is 8.50. The van der Waals surface area contributed by atoms with Gasteiger partial charge in [-0.25, -0.2) is 4.39 Å². The van der Waals surface area contributed by atoms with Crippen molar-refractivity contribution in [2.24, 2.45) is 5.92 Å². The first kappa shape index (κ1) is 35.1. The van der Waals surface area contributed by atoms with E-state index in [1.54, 1.807) is 14.0 Å². The first-order chi connectivity index (χ1) is 21.1. The average molecular weight is 674 g/mol. The Morgan fingerprint density at radius 2 is 1.41 bits per heavy atom. The van der Waals surface area contributed by atoms with E-state index in [-0.39, 0.29) is 23.5 Å². The summed E-state index contributed by atoms with van der Waals surface area (Å²) in [7, 11) is 3.12. The van der Waals surface area contributed by atoms with Crippen molar-refractivity contribution in [3.8, 4) is 10.4 Å². The molecule has 3 N–H and O–H groups in total. The van der Waals surface area contributed by atoms with Gasteiger partial charge in [0, 0.05) is 20.1 Å². The summed E-state index contributed by atoms with van der Waals surface area (Å²) in [6.07, 6.45) is -8.18. The molecule has 1 heterocycles. The van der Waals surface area contributed by atoms with E-state index in [0.29, 0.717) is 58.8 Å². The van der Waals surface area contributed by atoms with Crippen LogP contribution in [0, 0.1) is 18.7 Å². The average Bonchev–Trinajstić information content (AvgIpc) is 3.31. The van der Waals surface area contributed by atoms with Crippen molar-refractivity contribution in [3.63, 3.8) is 0 Å². The third kappa shape index (κ3) is 6.81. The maximum Gasteiger partial charge on any atom is 0.416 e. The fourth-order valence-electron chi connectivity index (χ4n) is 5.92. The van der Waals surface area contributed by atoms with Gasteiger partial charge in [-0.2, -0.15) is 26.3 Å². The lowest BCUT2D eigenvalue weighted by Crippen LogP contribution is -2.42. The molecule has 0 atom stereocenters. The van der Waals surface area contributed by atoms with Gasteiger partial charge in [0.1, 0.15) is 10.8 Å². The number of nitrogen functional groups attached to an aromatic ring is 1. The van der Waals surface area contributed by atoms with Gasteiger partial charge in [-0.05, 0) is 93.5 Å². The van der Waals surface area contributed by atoms with Gasteiger partial charge in [-0.1, -0.05) is 6.07 Å². The number of hydrogen-bond acceptors (Lipinski definition) is 5. The largest absolute Gasteiger partial charge is 0.481 e. The number of carboxylic acids is 1. The number of likely N-dealkylation sites (N-methyl/N-ethyl adjacent to an activating group) is 1. The summed E-state index contributed by atoms with van der Waals surface area (Å²) < 4.78 is 96.1. The van der Waals surface area contributed by atoms with Crippen molar-refractivity contribution in [1.82, 2.24) is 0 Å². The Hall–Kier alpha value is -3.81. The first-order valence-corrected chi connectivity index (χ1v) is 15.2. The Balaban J connectivity index is 1.82. The van der Waals surface area contributed by atoms with Gasteiger partial charge >= 0.3 is 18.3 Å². The van der Waals surface area contributed by atoms with Crippen molar-refractivity contribution in [2.45, 2.75) is 70.3 Å². The lowest BCUT2D eigenvalue weighted by molar-refractivity contribution is -0.144. The normalized spacial score (nSPS) is 17.6. The summed E-state index contributed by atoms with van der Waals surface area (Å²) in [5.41, 5.74) is 2.57. The molecule has 0 unspecified atom stereocenters.